The van der Waals surface area contributed by atoms with Crippen LogP contribution in [0.2, 0.25) is 0 Å². The second-order valence-electron chi connectivity index (χ2n) is 6.10. The van der Waals surface area contributed by atoms with Crippen molar-refractivity contribution in [1.29, 1.82) is 0 Å². The fourth-order valence-corrected chi connectivity index (χ4v) is 2.70. The molecule has 0 N–H and O–H groups in total. The number of anilines is 1. The van der Waals surface area contributed by atoms with Crippen LogP contribution in [0.1, 0.15) is 51.3 Å². The Morgan fingerprint density at radius 2 is 2.00 bits per heavy atom. The zero-order chi connectivity index (χ0) is 13.3. The van der Waals surface area contributed by atoms with Crippen molar-refractivity contribution in [2.24, 2.45) is 11.8 Å². The highest BCUT2D eigenvalue weighted by Crippen LogP contribution is 2.27. The molecule has 1 aliphatic heterocycles. The van der Waals surface area contributed by atoms with Crippen LogP contribution in [-0.2, 0) is 0 Å². The van der Waals surface area contributed by atoms with E-state index in [1.54, 1.807) is 0 Å². The van der Waals surface area contributed by atoms with E-state index in [0.717, 1.165) is 36.6 Å². The molecule has 0 radical (unpaired) electrons. The third kappa shape index (κ3) is 2.65. The number of aryl methyl sites for hydroxylation is 1. The van der Waals surface area contributed by atoms with Crippen LogP contribution >= 0.6 is 0 Å². The molecule has 1 aliphatic rings. The molecule has 1 aromatic rings. The fourth-order valence-electron chi connectivity index (χ4n) is 2.70. The highest BCUT2D eigenvalue weighted by molar-refractivity contribution is 5.35. The summed E-state index contributed by atoms with van der Waals surface area (Å²) in [6, 6.07) is 0. The van der Waals surface area contributed by atoms with Gasteiger partial charge in [0.1, 0.15) is 0 Å². The Morgan fingerprint density at radius 3 is 2.50 bits per heavy atom. The first-order valence-electron chi connectivity index (χ1n) is 7.07. The Hall–Kier alpha value is -1.12. The molecule has 0 bridgehead atoms. The topological polar surface area (TPSA) is 29.0 Å². The lowest BCUT2D eigenvalue weighted by Crippen LogP contribution is -2.23. The second-order valence-corrected chi connectivity index (χ2v) is 6.10. The molecule has 2 heterocycles. The largest absolute Gasteiger partial charge is 0.341 e. The number of rotatable bonds is 3. The van der Waals surface area contributed by atoms with Crippen molar-refractivity contribution in [1.82, 2.24) is 9.97 Å². The quantitative estimate of drug-likeness (QED) is 0.820. The molecule has 18 heavy (non-hydrogen) atoms. The Kier molecular flexibility index (Phi) is 3.88. The second kappa shape index (κ2) is 5.25. The van der Waals surface area contributed by atoms with Crippen LogP contribution in [0, 0.1) is 18.8 Å². The van der Waals surface area contributed by atoms with Crippen LogP contribution in [0.25, 0.3) is 0 Å². The number of hydrogen-bond donors (Lipinski definition) is 0. The summed E-state index contributed by atoms with van der Waals surface area (Å²) in [7, 11) is 0. The molecule has 2 rings (SSSR count). The van der Waals surface area contributed by atoms with Gasteiger partial charge in [-0.25, -0.2) is 9.97 Å². The number of aromatic nitrogens is 2. The van der Waals surface area contributed by atoms with Gasteiger partial charge in [0, 0.05) is 25.0 Å². The molecule has 1 fully saturated rings. The number of nitrogens with zero attached hydrogens (tertiary/aromatic N) is 3. The number of hydrogen-bond acceptors (Lipinski definition) is 3. The van der Waals surface area contributed by atoms with Gasteiger partial charge in [0.25, 0.3) is 0 Å². The monoisotopic (exact) mass is 247 g/mol. The minimum absolute atomic E-state index is 0.501. The molecule has 1 aromatic heterocycles. The first-order chi connectivity index (χ1) is 8.49. The molecule has 0 aliphatic carbocycles. The average molecular weight is 247 g/mol. The molecule has 3 nitrogen and oxygen atoms in total. The summed E-state index contributed by atoms with van der Waals surface area (Å²) < 4.78 is 0. The Bertz CT molecular complexity index is 412. The van der Waals surface area contributed by atoms with Crippen molar-refractivity contribution < 1.29 is 0 Å². The SMILES string of the molecule is Cc1nc(N2CCC(C(C)C)C2)ncc1C(C)C. The van der Waals surface area contributed by atoms with Crippen LogP contribution in [0.3, 0.4) is 0 Å². The molecule has 1 unspecified atom stereocenters. The van der Waals surface area contributed by atoms with Crippen molar-refractivity contribution in [2.75, 3.05) is 18.0 Å². The van der Waals surface area contributed by atoms with Gasteiger partial charge in [-0.3, -0.25) is 0 Å². The van der Waals surface area contributed by atoms with Crippen LogP contribution < -0.4 is 4.90 Å². The summed E-state index contributed by atoms with van der Waals surface area (Å²) in [4.78, 5) is 11.6. The molecule has 0 spiro atoms. The van der Waals surface area contributed by atoms with E-state index in [-0.39, 0.29) is 0 Å². The van der Waals surface area contributed by atoms with Crippen molar-refractivity contribution in [3.05, 3.63) is 17.5 Å². The predicted molar refractivity (Wildman–Crippen MR) is 76.0 cm³/mol. The Balaban J connectivity index is 2.13. The maximum Gasteiger partial charge on any atom is 0.225 e. The van der Waals surface area contributed by atoms with Crippen LogP contribution in [0.4, 0.5) is 5.95 Å². The van der Waals surface area contributed by atoms with Crippen molar-refractivity contribution in [2.45, 2.75) is 47.0 Å². The van der Waals surface area contributed by atoms with Crippen molar-refractivity contribution in [3.8, 4) is 0 Å². The Labute approximate surface area is 111 Å². The average Bonchev–Trinajstić information content (AvgIpc) is 2.77. The molecule has 0 aromatic carbocycles. The fraction of sp³-hybridized carbons (Fsp3) is 0.733. The van der Waals surface area contributed by atoms with Crippen LogP contribution in [0.15, 0.2) is 6.20 Å². The van der Waals surface area contributed by atoms with Gasteiger partial charge in [-0.1, -0.05) is 27.7 Å². The zero-order valence-corrected chi connectivity index (χ0v) is 12.3. The minimum atomic E-state index is 0.501. The summed E-state index contributed by atoms with van der Waals surface area (Å²) >= 11 is 0. The standard InChI is InChI=1S/C15H25N3/c1-10(2)13-6-7-18(9-13)15-16-8-14(11(3)4)12(5)17-15/h8,10-11,13H,6-7,9H2,1-5H3. The highest BCUT2D eigenvalue weighted by atomic mass is 15.3. The third-order valence-corrected chi connectivity index (χ3v) is 4.08. The summed E-state index contributed by atoms with van der Waals surface area (Å²) in [6.07, 6.45) is 3.27. The zero-order valence-electron chi connectivity index (χ0n) is 12.3. The maximum absolute atomic E-state index is 4.68. The predicted octanol–water partition coefficient (Wildman–Crippen LogP) is 3.39. The third-order valence-electron chi connectivity index (χ3n) is 4.08. The van der Waals surface area contributed by atoms with Gasteiger partial charge in [-0.05, 0) is 36.7 Å². The van der Waals surface area contributed by atoms with E-state index in [2.05, 4.69) is 49.5 Å². The molecular formula is C15H25N3. The van der Waals surface area contributed by atoms with E-state index in [0.29, 0.717) is 5.92 Å². The van der Waals surface area contributed by atoms with E-state index < -0.39 is 0 Å². The molecular weight excluding hydrogens is 222 g/mol. The van der Waals surface area contributed by atoms with Gasteiger partial charge in [0.05, 0.1) is 0 Å². The summed E-state index contributed by atoms with van der Waals surface area (Å²) in [6.45, 7) is 13.3. The molecule has 1 atom stereocenters. The summed E-state index contributed by atoms with van der Waals surface area (Å²) in [5.41, 5.74) is 2.39. The summed E-state index contributed by atoms with van der Waals surface area (Å²) in [5, 5.41) is 0. The molecule has 3 heteroatoms. The van der Waals surface area contributed by atoms with E-state index >= 15 is 0 Å². The van der Waals surface area contributed by atoms with E-state index in [1.165, 1.54) is 12.0 Å². The first-order valence-corrected chi connectivity index (χ1v) is 7.07. The van der Waals surface area contributed by atoms with E-state index in [1.807, 2.05) is 6.20 Å². The normalized spacial score (nSPS) is 20.2. The van der Waals surface area contributed by atoms with Crippen LogP contribution in [0.5, 0.6) is 0 Å². The van der Waals surface area contributed by atoms with E-state index in [9.17, 15) is 0 Å². The van der Waals surface area contributed by atoms with Crippen LogP contribution in [-0.4, -0.2) is 23.1 Å². The van der Waals surface area contributed by atoms with Gasteiger partial charge >= 0.3 is 0 Å². The lowest BCUT2D eigenvalue weighted by Gasteiger charge is -2.19. The van der Waals surface area contributed by atoms with Gasteiger partial charge in [0.15, 0.2) is 0 Å². The highest BCUT2D eigenvalue weighted by Gasteiger charge is 2.26. The lowest BCUT2D eigenvalue weighted by molar-refractivity contribution is 0.422. The maximum atomic E-state index is 4.68. The Morgan fingerprint density at radius 1 is 1.28 bits per heavy atom. The smallest absolute Gasteiger partial charge is 0.225 e. The van der Waals surface area contributed by atoms with Gasteiger partial charge in [0.2, 0.25) is 5.95 Å². The lowest BCUT2D eigenvalue weighted by atomic mass is 9.95. The van der Waals surface area contributed by atoms with Crippen molar-refractivity contribution in [3.63, 3.8) is 0 Å². The van der Waals surface area contributed by atoms with Gasteiger partial charge < -0.3 is 4.90 Å². The van der Waals surface area contributed by atoms with Gasteiger partial charge in [-0.2, -0.15) is 0 Å². The molecule has 0 saturated carbocycles. The molecule has 0 amide bonds. The summed E-state index contributed by atoms with van der Waals surface area (Å²) in [5.74, 6) is 2.96. The van der Waals surface area contributed by atoms with Crippen molar-refractivity contribution >= 4 is 5.95 Å². The first kappa shape index (κ1) is 13.3. The van der Waals surface area contributed by atoms with E-state index in [4.69, 9.17) is 0 Å². The molecule has 100 valence electrons. The minimum Gasteiger partial charge on any atom is -0.341 e. The molecule has 1 saturated heterocycles. The van der Waals surface area contributed by atoms with Gasteiger partial charge in [-0.15, -0.1) is 0 Å².